The van der Waals surface area contributed by atoms with Crippen molar-refractivity contribution in [2.75, 3.05) is 7.11 Å². The summed E-state index contributed by atoms with van der Waals surface area (Å²) in [6.45, 7) is 3.99. The molecule has 3 nitrogen and oxygen atoms in total. The highest BCUT2D eigenvalue weighted by Crippen LogP contribution is 2.19. The van der Waals surface area contributed by atoms with Crippen LogP contribution in [0.15, 0.2) is 23.8 Å². The Labute approximate surface area is 95.4 Å². The third kappa shape index (κ3) is 3.77. The van der Waals surface area contributed by atoms with E-state index in [1.807, 2.05) is 32.1 Å². The second kappa shape index (κ2) is 5.35. The van der Waals surface area contributed by atoms with Gasteiger partial charge < -0.3 is 9.84 Å². The van der Waals surface area contributed by atoms with E-state index in [0.29, 0.717) is 5.75 Å². The van der Waals surface area contributed by atoms with Gasteiger partial charge in [0.2, 0.25) is 0 Å². The Morgan fingerprint density at radius 1 is 1.38 bits per heavy atom. The number of hydrogen-bond donors (Lipinski definition) is 1. The van der Waals surface area contributed by atoms with Crippen LogP contribution in [0.3, 0.4) is 0 Å². The van der Waals surface area contributed by atoms with Gasteiger partial charge in [0.1, 0.15) is 5.75 Å². The Morgan fingerprint density at radius 3 is 2.56 bits per heavy atom. The summed E-state index contributed by atoms with van der Waals surface area (Å²) in [5, 5.41) is 8.75. The summed E-state index contributed by atoms with van der Waals surface area (Å²) in [6.07, 6.45) is 2.01. The summed E-state index contributed by atoms with van der Waals surface area (Å²) in [5.41, 5.74) is 2.88. The third-order valence-electron chi connectivity index (χ3n) is 2.04. The zero-order valence-corrected chi connectivity index (χ0v) is 9.78. The van der Waals surface area contributed by atoms with Gasteiger partial charge in [-0.2, -0.15) is 0 Å². The number of hydrogen-bond acceptors (Lipinski definition) is 2. The number of carboxylic acid groups (broad SMARTS) is 1. The van der Waals surface area contributed by atoms with Crippen molar-refractivity contribution in [3.05, 3.63) is 34.9 Å². The van der Waals surface area contributed by atoms with E-state index in [4.69, 9.17) is 9.84 Å². The van der Waals surface area contributed by atoms with E-state index in [1.165, 1.54) is 0 Å². The lowest BCUT2D eigenvalue weighted by Crippen LogP contribution is -2.00. The van der Waals surface area contributed by atoms with Crippen molar-refractivity contribution in [1.82, 2.24) is 0 Å². The largest absolute Gasteiger partial charge is 0.497 e. The molecule has 0 aliphatic rings. The van der Waals surface area contributed by atoms with Crippen molar-refractivity contribution in [3.63, 3.8) is 0 Å². The molecule has 1 aromatic rings. The van der Waals surface area contributed by atoms with Gasteiger partial charge in [-0.3, -0.25) is 4.79 Å². The zero-order valence-electron chi connectivity index (χ0n) is 9.78. The number of ether oxygens (including phenoxy) is 1. The van der Waals surface area contributed by atoms with Gasteiger partial charge in [-0.05, 0) is 37.1 Å². The van der Waals surface area contributed by atoms with Crippen LogP contribution in [0, 0.1) is 0 Å². The molecule has 0 atom stereocenters. The van der Waals surface area contributed by atoms with E-state index < -0.39 is 5.97 Å². The van der Waals surface area contributed by atoms with Crippen molar-refractivity contribution in [2.24, 2.45) is 0 Å². The molecule has 16 heavy (non-hydrogen) atoms. The van der Waals surface area contributed by atoms with Crippen molar-refractivity contribution in [2.45, 2.75) is 20.3 Å². The number of carboxylic acids is 1. The first kappa shape index (κ1) is 12.3. The quantitative estimate of drug-likeness (QED) is 0.848. The lowest BCUT2D eigenvalue weighted by atomic mass is 10.1. The second-order valence-electron chi connectivity index (χ2n) is 3.91. The minimum atomic E-state index is -0.837. The predicted octanol–water partition coefficient (Wildman–Crippen LogP) is 2.75. The molecule has 0 aliphatic carbocycles. The molecule has 1 N–H and O–H groups in total. The van der Waals surface area contributed by atoms with Crippen molar-refractivity contribution in [3.8, 4) is 5.75 Å². The molecule has 86 valence electrons. The van der Waals surface area contributed by atoms with Gasteiger partial charge in [-0.1, -0.05) is 17.7 Å². The molecular formula is C13H16O3. The summed E-state index contributed by atoms with van der Waals surface area (Å²) in [4.78, 5) is 10.6. The molecular weight excluding hydrogens is 204 g/mol. The van der Waals surface area contributed by atoms with Crippen LogP contribution in [0.4, 0.5) is 0 Å². The minimum Gasteiger partial charge on any atom is -0.497 e. The van der Waals surface area contributed by atoms with E-state index in [-0.39, 0.29) is 6.42 Å². The lowest BCUT2D eigenvalue weighted by Gasteiger charge is -2.05. The SMILES string of the molecule is COc1cc(C=C(C)C)cc(CC(=O)O)c1. The molecule has 1 rings (SSSR count). The third-order valence-corrected chi connectivity index (χ3v) is 2.04. The minimum absolute atomic E-state index is 0.0147. The molecule has 0 bridgehead atoms. The van der Waals surface area contributed by atoms with Crippen LogP contribution in [0.5, 0.6) is 5.75 Å². The van der Waals surface area contributed by atoms with Gasteiger partial charge in [0.05, 0.1) is 13.5 Å². The Morgan fingerprint density at radius 2 is 2.06 bits per heavy atom. The highest BCUT2D eigenvalue weighted by molar-refractivity contribution is 5.71. The van der Waals surface area contributed by atoms with E-state index in [2.05, 4.69) is 0 Å². The molecule has 1 aromatic carbocycles. The first-order chi connectivity index (χ1) is 7.51. The molecule has 0 spiro atoms. The van der Waals surface area contributed by atoms with Crippen molar-refractivity contribution < 1.29 is 14.6 Å². The molecule has 0 aliphatic heterocycles. The summed E-state index contributed by atoms with van der Waals surface area (Å²) in [5.74, 6) is -0.150. The summed E-state index contributed by atoms with van der Waals surface area (Å²) >= 11 is 0. The van der Waals surface area contributed by atoms with Crippen LogP contribution < -0.4 is 4.74 Å². The number of aliphatic carboxylic acids is 1. The lowest BCUT2D eigenvalue weighted by molar-refractivity contribution is -0.136. The van der Waals surface area contributed by atoms with Crippen LogP contribution >= 0.6 is 0 Å². The van der Waals surface area contributed by atoms with Gasteiger partial charge in [0, 0.05) is 0 Å². The molecule has 0 aromatic heterocycles. The smallest absolute Gasteiger partial charge is 0.307 e. The molecule has 0 heterocycles. The molecule has 0 unspecified atom stereocenters. The molecule has 0 fully saturated rings. The van der Waals surface area contributed by atoms with Crippen LogP contribution in [0.2, 0.25) is 0 Å². The average Bonchev–Trinajstić information content (AvgIpc) is 2.14. The second-order valence-corrected chi connectivity index (χ2v) is 3.91. The zero-order chi connectivity index (χ0) is 12.1. The highest BCUT2D eigenvalue weighted by Gasteiger charge is 2.04. The van der Waals surface area contributed by atoms with Crippen LogP contribution in [-0.4, -0.2) is 18.2 Å². The van der Waals surface area contributed by atoms with Gasteiger partial charge in [0.25, 0.3) is 0 Å². The van der Waals surface area contributed by atoms with E-state index in [0.717, 1.165) is 16.7 Å². The van der Waals surface area contributed by atoms with Crippen LogP contribution in [-0.2, 0) is 11.2 Å². The number of methoxy groups -OCH3 is 1. The van der Waals surface area contributed by atoms with Gasteiger partial charge in [-0.25, -0.2) is 0 Å². The Kier molecular flexibility index (Phi) is 4.11. The Hall–Kier alpha value is -1.77. The fourth-order valence-corrected chi connectivity index (χ4v) is 1.50. The van der Waals surface area contributed by atoms with Gasteiger partial charge >= 0.3 is 5.97 Å². The molecule has 0 saturated heterocycles. The first-order valence-corrected chi connectivity index (χ1v) is 5.06. The Bertz CT molecular complexity index is 415. The summed E-state index contributed by atoms with van der Waals surface area (Å²) in [7, 11) is 1.58. The Balaban J connectivity index is 3.10. The fraction of sp³-hybridized carbons (Fsp3) is 0.308. The number of allylic oxidation sites excluding steroid dienone is 1. The number of benzene rings is 1. The van der Waals surface area contributed by atoms with Gasteiger partial charge in [0.15, 0.2) is 0 Å². The predicted molar refractivity (Wildman–Crippen MR) is 63.7 cm³/mol. The maximum Gasteiger partial charge on any atom is 0.307 e. The average molecular weight is 220 g/mol. The monoisotopic (exact) mass is 220 g/mol. The van der Waals surface area contributed by atoms with Gasteiger partial charge in [-0.15, -0.1) is 0 Å². The summed E-state index contributed by atoms with van der Waals surface area (Å²) in [6, 6.07) is 5.50. The maximum atomic E-state index is 10.6. The molecule has 3 heteroatoms. The number of carbonyl (C=O) groups is 1. The van der Waals surface area contributed by atoms with Crippen LogP contribution in [0.25, 0.3) is 6.08 Å². The normalized spacial score (nSPS) is 9.69. The summed E-state index contributed by atoms with van der Waals surface area (Å²) < 4.78 is 5.14. The topological polar surface area (TPSA) is 46.5 Å². The van der Waals surface area contributed by atoms with E-state index in [1.54, 1.807) is 13.2 Å². The molecule has 0 radical (unpaired) electrons. The highest BCUT2D eigenvalue weighted by atomic mass is 16.5. The maximum absolute atomic E-state index is 10.6. The molecule has 0 saturated carbocycles. The molecule has 0 amide bonds. The first-order valence-electron chi connectivity index (χ1n) is 5.06. The van der Waals surface area contributed by atoms with E-state index >= 15 is 0 Å². The van der Waals surface area contributed by atoms with E-state index in [9.17, 15) is 4.79 Å². The van der Waals surface area contributed by atoms with Crippen molar-refractivity contribution >= 4 is 12.0 Å². The fourth-order valence-electron chi connectivity index (χ4n) is 1.50. The van der Waals surface area contributed by atoms with Crippen molar-refractivity contribution in [1.29, 1.82) is 0 Å². The number of rotatable bonds is 4. The standard InChI is InChI=1S/C13H16O3/c1-9(2)4-10-5-11(8-13(14)15)7-12(6-10)16-3/h4-7H,8H2,1-3H3,(H,14,15). The van der Waals surface area contributed by atoms with Crippen LogP contribution in [0.1, 0.15) is 25.0 Å².